The van der Waals surface area contributed by atoms with Crippen LogP contribution in [-0.4, -0.2) is 16.1 Å². The van der Waals surface area contributed by atoms with Crippen molar-refractivity contribution in [3.05, 3.63) is 107 Å². The minimum Gasteiger partial charge on any atom is -0.0730 e. The van der Waals surface area contributed by atoms with Crippen molar-refractivity contribution in [2.75, 3.05) is 0 Å². The van der Waals surface area contributed by atoms with Crippen molar-refractivity contribution in [2.24, 2.45) is 0 Å². The minimum absolute atomic E-state index is 0.0533. The van der Waals surface area contributed by atoms with Gasteiger partial charge in [0.1, 0.15) is 0 Å². The number of hydrogen-bond acceptors (Lipinski definition) is 0. The SMILES string of the molecule is CC1=CC(C)([Si](c2ccccc2)(c2ccc(C)cc2)c2cc(C)cc([Si](C)(C)C)c2)C(C)=C1C. The Labute approximate surface area is 209 Å². The maximum absolute atomic E-state index is 2.60. The molecule has 0 spiro atoms. The zero-order valence-electron chi connectivity index (χ0n) is 22.5. The molecule has 3 aromatic rings. The first-order chi connectivity index (χ1) is 15.9. The lowest BCUT2D eigenvalue weighted by molar-refractivity contribution is 0.870. The quantitative estimate of drug-likeness (QED) is 0.294. The van der Waals surface area contributed by atoms with E-state index in [0.29, 0.717) is 0 Å². The predicted molar refractivity (Wildman–Crippen MR) is 157 cm³/mol. The molecule has 0 aliphatic heterocycles. The van der Waals surface area contributed by atoms with Crippen molar-refractivity contribution >= 4 is 36.9 Å². The average Bonchev–Trinajstić information content (AvgIpc) is 2.98. The summed E-state index contributed by atoms with van der Waals surface area (Å²) < 4.78 is 0. The second-order valence-corrected chi connectivity index (χ2v) is 20.9. The van der Waals surface area contributed by atoms with Crippen molar-refractivity contribution in [3.63, 3.8) is 0 Å². The van der Waals surface area contributed by atoms with Crippen LogP contribution in [0.3, 0.4) is 0 Å². The van der Waals surface area contributed by atoms with Gasteiger partial charge >= 0.3 is 0 Å². The summed E-state index contributed by atoms with van der Waals surface area (Å²) in [6.45, 7) is 21.4. The van der Waals surface area contributed by atoms with Gasteiger partial charge in [-0.05, 0) is 55.8 Å². The van der Waals surface area contributed by atoms with E-state index < -0.39 is 16.1 Å². The molecule has 2 atom stereocenters. The Morgan fingerprint density at radius 3 is 1.68 bits per heavy atom. The van der Waals surface area contributed by atoms with Crippen LogP contribution >= 0.6 is 0 Å². The maximum Gasteiger partial charge on any atom is 0.161 e. The van der Waals surface area contributed by atoms with Gasteiger partial charge in [-0.3, -0.25) is 0 Å². The van der Waals surface area contributed by atoms with Gasteiger partial charge < -0.3 is 0 Å². The van der Waals surface area contributed by atoms with Crippen molar-refractivity contribution in [1.82, 2.24) is 0 Å². The number of aryl methyl sites for hydroxylation is 2. The lowest BCUT2D eigenvalue weighted by atomic mass is 10.0. The molecular weight excluding hydrogens is 441 g/mol. The molecule has 3 aromatic carbocycles. The molecule has 4 rings (SSSR count). The molecule has 2 heteroatoms. The monoisotopic (exact) mass is 480 g/mol. The van der Waals surface area contributed by atoms with Crippen molar-refractivity contribution in [3.8, 4) is 0 Å². The Hall–Kier alpha value is -2.43. The van der Waals surface area contributed by atoms with Crippen LogP contribution in [0.2, 0.25) is 24.7 Å². The largest absolute Gasteiger partial charge is 0.161 e. The van der Waals surface area contributed by atoms with Crippen LogP contribution < -0.4 is 20.7 Å². The first-order valence-electron chi connectivity index (χ1n) is 12.5. The summed E-state index contributed by atoms with van der Waals surface area (Å²) in [6.07, 6.45) is 2.60. The van der Waals surface area contributed by atoms with E-state index in [1.165, 1.54) is 38.2 Å². The van der Waals surface area contributed by atoms with E-state index in [4.69, 9.17) is 0 Å². The fraction of sp³-hybridized carbons (Fsp3) is 0.312. The molecule has 0 saturated carbocycles. The Kier molecular flexibility index (Phi) is 6.29. The molecule has 0 fully saturated rings. The van der Waals surface area contributed by atoms with Crippen molar-refractivity contribution in [1.29, 1.82) is 0 Å². The summed E-state index contributed by atoms with van der Waals surface area (Å²) in [6, 6.07) is 28.5. The number of hydrogen-bond donors (Lipinski definition) is 0. The average molecular weight is 481 g/mol. The zero-order valence-corrected chi connectivity index (χ0v) is 24.5. The maximum atomic E-state index is 2.60. The van der Waals surface area contributed by atoms with Crippen molar-refractivity contribution < 1.29 is 0 Å². The second kappa shape index (κ2) is 8.66. The lowest BCUT2D eigenvalue weighted by Crippen LogP contribution is -2.73. The van der Waals surface area contributed by atoms with Crippen LogP contribution in [-0.2, 0) is 0 Å². The third-order valence-corrected chi connectivity index (χ3v) is 15.9. The number of rotatable bonds is 5. The van der Waals surface area contributed by atoms with E-state index in [-0.39, 0.29) is 5.04 Å². The van der Waals surface area contributed by atoms with E-state index in [0.717, 1.165) is 0 Å². The molecule has 0 N–H and O–H groups in total. The van der Waals surface area contributed by atoms with Gasteiger partial charge in [0, 0.05) is 5.04 Å². The highest BCUT2D eigenvalue weighted by Gasteiger charge is 2.56. The van der Waals surface area contributed by atoms with Gasteiger partial charge in [0.25, 0.3) is 0 Å². The molecule has 34 heavy (non-hydrogen) atoms. The summed E-state index contributed by atoms with van der Waals surface area (Å²) in [5, 5.41) is 6.04. The highest BCUT2D eigenvalue weighted by atomic mass is 28.3. The van der Waals surface area contributed by atoms with E-state index >= 15 is 0 Å². The molecule has 0 bridgehead atoms. The van der Waals surface area contributed by atoms with Gasteiger partial charge in [0.15, 0.2) is 8.07 Å². The normalized spacial score (nSPS) is 20.3. The molecular formula is C32H40Si2. The molecule has 0 aromatic heterocycles. The minimum atomic E-state index is -2.54. The summed E-state index contributed by atoms with van der Waals surface area (Å²) in [5.74, 6) is 0. The van der Waals surface area contributed by atoms with Gasteiger partial charge in [0.05, 0.1) is 8.07 Å². The topological polar surface area (TPSA) is 0 Å². The fourth-order valence-electron chi connectivity index (χ4n) is 6.05. The van der Waals surface area contributed by atoms with Crippen LogP contribution in [0.15, 0.2) is 95.6 Å². The molecule has 0 amide bonds. The van der Waals surface area contributed by atoms with Crippen LogP contribution in [0.4, 0.5) is 0 Å². The molecule has 0 saturated heterocycles. The van der Waals surface area contributed by atoms with Crippen molar-refractivity contribution in [2.45, 2.75) is 66.2 Å². The van der Waals surface area contributed by atoms with E-state index in [1.807, 2.05) is 0 Å². The standard InChI is InChI=1S/C32H40Si2/c1-23-15-17-29(18-16-23)34(28-13-11-10-12-14-28,32(6)22-25(3)26(4)27(32)5)31-20-24(2)19-30(21-31)33(7,8)9/h10-22H,1-9H3. The number of allylic oxidation sites excluding steroid dienone is 4. The molecule has 176 valence electrons. The van der Waals surface area contributed by atoms with E-state index in [9.17, 15) is 0 Å². The molecule has 0 heterocycles. The summed E-state index contributed by atoms with van der Waals surface area (Å²) >= 11 is 0. The molecule has 0 radical (unpaired) electrons. The van der Waals surface area contributed by atoms with Gasteiger partial charge in [-0.15, -0.1) is 0 Å². The van der Waals surface area contributed by atoms with Crippen LogP contribution in [0.25, 0.3) is 0 Å². The van der Waals surface area contributed by atoms with Crippen LogP contribution in [0.1, 0.15) is 38.8 Å². The summed E-state index contributed by atoms with van der Waals surface area (Å²) in [5.41, 5.74) is 7.12. The Morgan fingerprint density at radius 2 is 1.15 bits per heavy atom. The second-order valence-electron chi connectivity index (χ2n) is 11.6. The first-order valence-corrected chi connectivity index (χ1v) is 18.0. The Balaban J connectivity index is 2.23. The number of benzene rings is 3. The van der Waals surface area contributed by atoms with E-state index in [1.54, 1.807) is 10.4 Å². The Bertz CT molecular complexity index is 1270. The van der Waals surface area contributed by atoms with Gasteiger partial charge in [-0.1, -0.05) is 133 Å². The highest BCUT2D eigenvalue weighted by molar-refractivity contribution is 7.14. The fourth-order valence-corrected chi connectivity index (χ4v) is 13.6. The molecule has 1 aliphatic carbocycles. The molecule has 0 nitrogen and oxygen atoms in total. The summed E-state index contributed by atoms with van der Waals surface area (Å²) in [7, 11) is -4.04. The zero-order chi connectivity index (χ0) is 24.9. The van der Waals surface area contributed by atoms with Crippen LogP contribution in [0.5, 0.6) is 0 Å². The smallest absolute Gasteiger partial charge is 0.0730 e. The Morgan fingerprint density at radius 1 is 0.588 bits per heavy atom. The predicted octanol–water partition coefficient (Wildman–Crippen LogP) is 6.38. The highest BCUT2D eigenvalue weighted by Crippen LogP contribution is 2.52. The van der Waals surface area contributed by atoms with Gasteiger partial charge in [-0.25, -0.2) is 0 Å². The summed E-state index contributed by atoms with van der Waals surface area (Å²) in [4.78, 5) is 0. The lowest BCUT2D eigenvalue weighted by Gasteiger charge is -2.47. The molecule has 1 aliphatic rings. The molecule has 2 unspecified atom stereocenters. The van der Waals surface area contributed by atoms with E-state index in [2.05, 4.69) is 140 Å². The first kappa shape index (κ1) is 24.7. The van der Waals surface area contributed by atoms with Gasteiger partial charge in [-0.2, -0.15) is 0 Å². The van der Waals surface area contributed by atoms with Crippen LogP contribution in [0, 0.1) is 13.8 Å². The third kappa shape index (κ3) is 3.81. The third-order valence-electron chi connectivity index (χ3n) is 8.28. The van der Waals surface area contributed by atoms with Gasteiger partial charge in [0.2, 0.25) is 0 Å².